The minimum atomic E-state index is -0.684. The fourth-order valence-corrected chi connectivity index (χ4v) is 4.32. The van der Waals surface area contributed by atoms with Gasteiger partial charge in [0.05, 0.1) is 16.7 Å². The first-order chi connectivity index (χ1) is 18.2. The first-order valence-electron chi connectivity index (χ1n) is 13.0. The number of halogens is 2. The van der Waals surface area contributed by atoms with Crippen LogP contribution >= 0.6 is 23.2 Å². The van der Waals surface area contributed by atoms with E-state index in [0.717, 1.165) is 22.4 Å². The Labute approximate surface area is 236 Å². The first-order valence-corrected chi connectivity index (χ1v) is 13.7. The molecule has 0 heterocycles. The zero-order valence-corrected chi connectivity index (χ0v) is 23.8. The predicted octanol–water partition coefficient (Wildman–Crippen LogP) is 6.87. The van der Waals surface area contributed by atoms with Crippen LogP contribution < -0.4 is 10.1 Å². The molecule has 5 nitrogen and oxygen atoms in total. The second-order valence-corrected chi connectivity index (χ2v) is 10.7. The van der Waals surface area contributed by atoms with E-state index in [2.05, 4.69) is 5.32 Å². The van der Waals surface area contributed by atoms with Crippen molar-refractivity contribution in [3.63, 3.8) is 0 Å². The Bertz CT molecular complexity index is 1180. The molecule has 0 spiro atoms. The number of ether oxygens (including phenoxy) is 1. The number of carbonyl (C=O) groups is 2. The largest absolute Gasteiger partial charge is 0.494 e. The fourth-order valence-electron chi connectivity index (χ4n) is 4.00. The van der Waals surface area contributed by atoms with Gasteiger partial charge in [-0.15, -0.1) is 0 Å². The van der Waals surface area contributed by atoms with Crippen LogP contribution in [0.15, 0.2) is 72.8 Å². The summed E-state index contributed by atoms with van der Waals surface area (Å²) in [6.07, 6.45) is 1.17. The Morgan fingerprint density at radius 2 is 1.63 bits per heavy atom. The van der Waals surface area contributed by atoms with E-state index >= 15 is 0 Å². The van der Waals surface area contributed by atoms with Crippen molar-refractivity contribution in [3.05, 3.63) is 99.5 Å². The molecule has 0 bridgehead atoms. The number of rotatable bonds is 13. The van der Waals surface area contributed by atoms with Gasteiger partial charge in [-0.1, -0.05) is 91.1 Å². The van der Waals surface area contributed by atoms with Crippen molar-refractivity contribution in [2.45, 2.75) is 52.6 Å². The Balaban J connectivity index is 1.80. The highest BCUT2D eigenvalue weighted by atomic mass is 35.5. The van der Waals surface area contributed by atoms with Crippen LogP contribution in [0.4, 0.5) is 0 Å². The second-order valence-electron chi connectivity index (χ2n) is 9.88. The summed E-state index contributed by atoms with van der Waals surface area (Å²) in [5.74, 6) is 0.760. The number of carbonyl (C=O) groups excluding carboxylic acids is 2. The van der Waals surface area contributed by atoms with Crippen molar-refractivity contribution in [3.8, 4) is 5.75 Å². The summed E-state index contributed by atoms with van der Waals surface area (Å²) in [7, 11) is 0. The molecule has 38 heavy (non-hydrogen) atoms. The van der Waals surface area contributed by atoms with E-state index in [9.17, 15) is 9.59 Å². The molecule has 7 heteroatoms. The lowest BCUT2D eigenvalue weighted by atomic mass is 10.0. The maximum absolute atomic E-state index is 13.7. The number of nitrogens with one attached hydrogen (secondary N) is 1. The summed E-state index contributed by atoms with van der Waals surface area (Å²) >= 11 is 12.4. The first kappa shape index (κ1) is 29.5. The van der Waals surface area contributed by atoms with Gasteiger partial charge >= 0.3 is 0 Å². The molecule has 2 amide bonds. The van der Waals surface area contributed by atoms with E-state index in [0.29, 0.717) is 36.0 Å². The standard InChI is InChI=1S/C31H36Cl2N2O3/c1-22(2)20-34-31(37)29(19-24-8-5-4-6-9-24)35(21-25-13-16-27(32)28(33)18-25)30(36)10-7-17-38-26-14-11-23(3)12-15-26/h4-6,8-9,11-16,18,22,29H,7,10,17,19-21H2,1-3H3,(H,34,37)/t29-/m0/s1. The third-order valence-corrected chi connectivity index (χ3v) is 6.86. The van der Waals surface area contributed by atoms with Crippen molar-refractivity contribution >= 4 is 35.0 Å². The van der Waals surface area contributed by atoms with Gasteiger partial charge in [0.25, 0.3) is 0 Å². The summed E-state index contributed by atoms with van der Waals surface area (Å²) in [5.41, 5.74) is 2.94. The highest BCUT2D eigenvalue weighted by molar-refractivity contribution is 6.42. The van der Waals surface area contributed by atoms with Crippen LogP contribution in [0.2, 0.25) is 10.0 Å². The van der Waals surface area contributed by atoms with Gasteiger partial charge < -0.3 is 15.0 Å². The van der Waals surface area contributed by atoms with Crippen LogP contribution in [-0.4, -0.2) is 35.9 Å². The zero-order chi connectivity index (χ0) is 27.5. The van der Waals surface area contributed by atoms with Crippen molar-refractivity contribution < 1.29 is 14.3 Å². The van der Waals surface area contributed by atoms with E-state index in [1.807, 2.05) is 81.4 Å². The van der Waals surface area contributed by atoms with Gasteiger partial charge in [0.2, 0.25) is 11.8 Å². The lowest BCUT2D eigenvalue weighted by molar-refractivity contribution is -0.141. The Kier molecular flexibility index (Phi) is 11.5. The van der Waals surface area contributed by atoms with Crippen LogP contribution in [-0.2, 0) is 22.6 Å². The highest BCUT2D eigenvalue weighted by Gasteiger charge is 2.30. The maximum atomic E-state index is 13.7. The van der Waals surface area contributed by atoms with Crippen molar-refractivity contribution in [1.82, 2.24) is 10.2 Å². The number of nitrogens with zero attached hydrogens (tertiary/aromatic N) is 1. The Morgan fingerprint density at radius 1 is 0.921 bits per heavy atom. The average Bonchev–Trinajstić information content (AvgIpc) is 2.90. The van der Waals surface area contributed by atoms with E-state index in [1.165, 1.54) is 0 Å². The minimum Gasteiger partial charge on any atom is -0.494 e. The van der Waals surface area contributed by atoms with E-state index in [-0.39, 0.29) is 30.7 Å². The molecule has 0 aromatic heterocycles. The second kappa shape index (κ2) is 14.8. The van der Waals surface area contributed by atoms with Crippen LogP contribution in [0.5, 0.6) is 5.75 Å². The molecule has 0 fully saturated rings. The van der Waals surface area contributed by atoms with Gasteiger partial charge in [-0.3, -0.25) is 9.59 Å². The number of hydrogen-bond donors (Lipinski definition) is 1. The molecule has 0 saturated carbocycles. The van der Waals surface area contributed by atoms with Gasteiger partial charge in [0.15, 0.2) is 0 Å². The lowest BCUT2D eigenvalue weighted by Crippen LogP contribution is -2.51. The number of aryl methyl sites for hydroxylation is 1. The molecule has 0 aliphatic heterocycles. The average molecular weight is 556 g/mol. The van der Waals surface area contributed by atoms with Gasteiger partial charge in [-0.2, -0.15) is 0 Å². The molecule has 3 aromatic carbocycles. The molecule has 1 N–H and O–H groups in total. The molecule has 0 aliphatic carbocycles. The van der Waals surface area contributed by atoms with Crippen molar-refractivity contribution in [2.24, 2.45) is 5.92 Å². The Hall–Kier alpha value is -3.02. The molecule has 202 valence electrons. The van der Waals surface area contributed by atoms with Gasteiger partial charge in [0, 0.05) is 25.9 Å². The smallest absolute Gasteiger partial charge is 0.243 e. The third-order valence-electron chi connectivity index (χ3n) is 6.12. The molecule has 0 radical (unpaired) electrons. The summed E-state index contributed by atoms with van der Waals surface area (Å²) in [6.45, 7) is 7.27. The molecule has 0 saturated heterocycles. The summed E-state index contributed by atoms with van der Waals surface area (Å²) in [5, 5.41) is 3.88. The van der Waals surface area contributed by atoms with E-state index in [4.69, 9.17) is 27.9 Å². The van der Waals surface area contributed by atoms with Gasteiger partial charge in [0.1, 0.15) is 11.8 Å². The molecular formula is C31H36Cl2N2O3. The molecular weight excluding hydrogens is 519 g/mol. The topological polar surface area (TPSA) is 58.6 Å². The summed E-state index contributed by atoms with van der Waals surface area (Å²) in [6, 6.07) is 22.2. The monoisotopic (exact) mass is 554 g/mol. The zero-order valence-electron chi connectivity index (χ0n) is 22.3. The SMILES string of the molecule is Cc1ccc(OCCCC(=O)N(Cc2ccc(Cl)c(Cl)c2)[C@@H](Cc2ccccc2)C(=O)NCC(C)C)cc1. The molecule has 3 aromatic rings. The minimum absolute atomic E-state index is 0.121. The van der Waals surface area contributed by atoms with E-state index in [1.54, 1.807) is 17.0 Å². The summed E-state index contributed by atoms with van der Waals surface area (Å²) < 4.78 is 5.82. The van der Waals surface area contributed by atoms with Gasteiger partial charge in [-0.25, -0.2) is 0 Å². The fraction of sp³-hybridized carbons (Fsp3) is 0.355. The number of amides is 2. The van der Waals surface area contributed by atoms with Crippen LogP contribution in [0.25, 0.3) is 0 Å². The van der Waals surface area contributed by atoms with Crippen molar-refractivity contribution in [1.29, 1.82) is 0 Å². The Morgan fingerprint density at radius 3 is 2.29 bits per heavy atom. The summed E-state index contributed by atoms with van der Waals surface area (Å²) in [4.78, 5) is 28.8. The van der Waals surface area contributed by atoms with Crippen LogP contribution in [0, 0.1) is 12.8 Å². The van der Waals surface area contributed by atoms with Crippen molar-refractivity contribution in [2.75, 3.05) is 13.2 Å². The maximum Gasteiger partial charge on any atom is 0.243 e. The quantitative estimate of drug-likeness (QED) is 0.234. The van der Waals surface area contributed by atoms with E-state index < -0.39 is 6.04 Å². The molecule has 0 unspecified atom stereocenters. The van der Waals surface area contributed by atoms with Crippen LogP contribution in [0.3, 0.4) is 0 Å². The molecule has 3 rings (SSSR count). The highest BCUT2D eigenvalue weighted by Crippen LogP contribution is 2.25. The van der Waals surface area contributed by atoms with Crippen LogP contribution in [0.1, 0.15) is 43.4 Å². The number of hydrogen-bond acceptors (Lipinski definition) is 3. The number of benzene rings is 3. The third kappa shape index (κ3) is 9.38. The molecule has 1 atom stereocenters. The normalized spacial score (nSPS) is 11.7. The lowest BCUT2D eigenvalue weighted by Gasteiger charge is -2.32. The molecule has 0 aliphatic rings. The predicted molar refractivity (Wildman–Crippen MR) is 155 cm³/mol. The van der Waals surface area contributed by atoms with Gasteiger partial charge in [-0.05, 0) is 54.7 Å².